The normalized spacial score (nSPS) is 16.9. The molecular formula is C48H90I2N2O5S. The number of ether oxygens (including phenoxy) is 2. The van der Waals surface area contributed by atoms with Gasteiger partial charge in [-0.05, 0) is 97.4 Å². The summed E-state index contributed by atoms with van der Waals surface area (Å²) < 4.78 is 12.7. The highest BCUT2D eigenvalue weighted by Crippen LogP contribution is 2.41. The van der Waals surface area contributed by atoms with Crippen LogP contribution in [0.2, 0.25) is 0 Å². The Hall–Kier alpha value is 0.180. The lowest BCUT2D eigenvalue weighted by Gasteiger charge is -2.36. The maximum atomic E-state index is 13.8. The number of hydrogen-bond acceptors (Lipinski definition) is 7. The summed E-state index contributed by atoms with van der Waals surface area (Å²) in [7, 11) is 0. The Bertz CT molecular complexity index is 1020. The number of halogens is 2. The van der Waals surface area contributed by atoms with E-state index in [0.717, 1.165) is 70.1 Å². The van der Waals surface area contributed by atoms with Crippen molar-refractivity contribution < 1.29 is 23.9 Å². The third-order valence-electron chi connectivity index (χ3n) is 11.9. The average Bonchev–Trinajstić information content (AvgIpc) is 3.59. The molecule has 10 heteroatoms. The monoisotopic (exact) mass is 1060 g/mol. The first kappa shape index (κ1) is 56.2. The number of rotatable bonds is 38. The highest BCUT2D eigenvalue weighted by Gasteiger charge is 2.39. The summed E-state index contributed by atoms with van der Waals surface area (Å²) in [5.41, 5.74) is 0. The second-order valence-electron chi connectivity index (χ2n) is 17.5. The number of unbranched alkanes of at least 4 members (excludes halogenated alkanes) is 15. The van der Waals surface area contributed by atoms with E-state index in [2.05, 4.69) is 91.6 Å². The van der Waals surface area contributed by atoms with Crippen LogP contribution in [0.4, 0.5) is 4.79 Å². The van der Waals surface area contributed by atoms with Gasteiger partial charge in [0.25, 0.3) is 5.24 Å². The zero-order chi connectivity index (χ0) is 42.9. The van der Waals surface area contributed by atoms with Gasteiger partial charge in [-0.2, -0.15) is 0 Å². The third kappa shape index (κ3) is 27.3. The number of esters is 2. The fourth-order valence-electron chi connectivity index (χ4n) is 8.26. The predicted octanol–water partition coefficient (Wildman–Crippen LogP) is 15.4. The molecule has 1 aliphatic rings. The van der Waals surface area contributed by atoms with Crippen molar-refractivity contribution in [2.75, 3.05) is 25.4 Å². The van der Waals surface area contributed by atoms with Gasteiger partial charge in [-0.25, -0.2) is 0 Å². The van der Waals surface area contributed by atoms with E-state index in [0.29, 0.717) is 48.7 Å². The van der Waals surface area contributed by atoms with E-state index in [1.54, 1.807) is 0 Å². The molecular weight excluding hydrogens is 970 g/mol. The first-order valence-electron chi connectivity index (χ1n) is 24.4. The van der Waals surface area contributed by atoms with Gasteiger partial charge in [-0.1, -0.05) is 187 Å². The van der Waals surface area contributed by atoms with Gasteiger partial charge in [-0.15, -0.1) is 0 Å². The molecule has 3 atom stereocenters. The van der Waals surface area contributed by atoms with Crippen LogP contribution in [0.3, 0.4) is 0 Å². The van der Waals surface area contributed by atoms with Crippen molar-refractivity contribution in [2.24, 2.45) is 0 Å². The highest BCUT2D eigenvalue weighted by molar-refractivity contribution is 14.1. The Morgan fingerprint density at radius 3 is 1.64 bits per heavy atom. The van der Waals surface area contributed by atoms with Gasteiger partial charge in [0.1, 0.15) is 12.2 Å². The molecule has 0 aromatic carbocycles. The summed E-state index contributed by atoms with van der Waals surface area (Å²) in [4.78, 5) is 44.8. The number of hydrogen-bond donors (Lipinski definition) is 0. The zero-order valence-corrected chi connectivity index (χ0v) is 43.6. The van der Waals surface area contributed by atoms with Gasteiger partial charge in [-0.3, -0.25) is 19.3 Å². The van der Waals surface area contributed by atoms with Crippen LogP contribution in [0.15, 0.2) is 0 Å². The minimum atomic E-state index is -0.144. The van der Waals surface area contributed by atoms with Gasteiger partial charge >= 0.3 is 11.9 Å². The molecule has 0 aromatic rings. The van der Waals surface area contributed by atoms with Crippen molar-refractivity contribution in [1.82, 2.24) is 9.80 Å². The minimum Gasteiger partial charge on any atom is -0.462 e. The van der Waals surface area contributed by atoms with E-state index in [9.17, 15) is 14.4 Å². The summed E-state index contributed by atoms with van der Waals surface area (Å²) in [6.07, 6.45) is 32.0. The number of thioether (sulfide) groups is 1. The van der Waals surface area contributed by atoms with Crippen LogP contribution in [0.5, 0.6) is 0 Å². The number of nitrogens with zero attached hydrogens (tertiary/aromatic N) is 2. The molecule has 3 unspecified atom stereocenters. The molecule has 0 aromatic heterocycles. The molecule has 1 rings (SSSR count). The van der Waals surface area contributed by atoms with E-state index in [4.69, 9.17) is 9.47 Å². The molecule has 0 radical (unpaired) electrons. The highest BCUT2D eigenvalue weighted by atomic mass is 127. The molecule has 7 nitrogen and oxygen atoms in total. The van der Waals surface area contributed by atoms with Gasteiger partial charge in [0.15, 0.2) is 0 Å². The van der Waals surface area contributed by atoms with Crippen LogP contribution >= 0.6 is 56.9 Å². The summed E-state index contributed by atoms with van der Waals surface area (Å²) in [6.45, 7) is 15.6. The molecule has 0 bridgehead atoms. The fraction of sp³-hybridized carbons (Fsp3) is 0.938. The lowest BCUT2D eigenvalue weighted by Crippen LogP contribution is -2.43. The summed E-state index contributed by atoms with van der Waals surface area (Å²) in [5, 5.41) is 0.0530. The number of alkyl halides is 2. The zero-order valence-electron chi connectivity index (χ0n) is 38.5. The summed E-state index contributed by atoms with van der Waals surface area (Å²) in [6, 6.07) is 0.488. The molecule has 1 aliphatic heterocycles. The number of likely N-dealkylation sites (tertiary alicyclic amines) is 1. The Morgan fingerprint density at radius 2 is 1.12 bits per heavy atom. The lowest BCUT2D eigenvalue weighted by atomic mass is 10.0. The molecule has 0 aliphatic carbocycles. The molecule has 0 N–H and O–H groups in total. The maximum absolute atomic E-state index is 13.8. The fourth-order valence-corrected chi connectivity index (χ4v) is 12.0. The molecule has 1 heterocycles. The van der Waals surface area contributed by atoms with E-state index in [1.807, 2.05) is 4.90 Å². The Kier molecular flexibility index (Phi) is 35.5. The molecule has 0 spiro atoms. The SMILES string of the molecule is CCCCCCCC(CCCCCCC)OC(=O)CCCN(CCCC(=O)OC(CCCCCCC)C(I)CCCCCC)C(=O)SCCC1(I)CCCN1C(C)C. The molecule has 1 fully saturated rings. The lowest BCUT2D eigenvalue weighted by molar-refractivity contribution is -0.150. The average molecular weight is 1060 g/mol. The molecule has 58 heavy (non-hydrogen) atoms. The van der Waals surface area contributed by atoms with E-state index in [1.165, 1.54) is 121 Å². The van der Waals surface area contributed by atoms with Crippen molar-refractivity contribution in [3.63, 3.8) is 0 Å². The van der Waals surface area contributed by atoms with E-state index in [-0.39, 0.29) is 32.9 Å². The van der Waals surface area contributed by atoms with E-state index < -0.39 is 0 Å². The Balaban J connectivity index is 2.86. The van der Waals surface area contributed by atoms with Crippen molar-refractivity contribution in [3.05, 3.63) is 0 Å². The second-order valence-corrected chi connectivity index (χ2v) is 22.1. The Labute approximate surface area is 390 Å². The predicted molar refractivity (Wildman–Crippen MR) is 267 cm³/mol. The van der Waals surface area contributed by atoms with Crippen molar-refractivity contribution >= 4 is 74.1 Å². The molecule has 0 saturated carbocycles. The summed E-state index contributed by atoms with van der Waals surface area (Å²) >= 11 is 6.55. The molecule has 342 valence electrons. The number of carbonyl (C=O) groups excluding carboxylic acids is 3. The standard InChI is InChI=1S/C48H90I2N2O5S/c1-7-11-15-19-22-29-42(30-23-20-16-12-8-2)56-45(53)33-26-37-51(47(55)58-40-36-48(50)35-28-39-52(48)41(5)6)38-27-34-46(54)57-44(32-25-21-17-13-9-3)43(49)31-24-18-14-10-4/h41-44H,7-40H2,1-6H3. The van der Waals surface area contributed by atoms with Crippen LogP contribution in [0.1, 0.15) is 234 Å². The van der Waals surface area contributed by atoms with Crippen LogP contribution in [0, 0.1) is 0 Å². The molecule has 1 amide bonds. The first-order valence-corrected chi connectivity index (χ1v) is 27.7. The number of amides is 1. The minimum absolute atomic E-state index is 0.00436. The first-order chi connectivity index (χ1) is 28.0. The third-order valence-corrected chi connectivity index (χ3v) is 15.9. The quantitative estimate of drug-likeness (QED) is 0.0200. The van der Waals surface area contributed by atoms with Gasteiger partial charge in [0, 0.05) is 41.7 Å². The van der Waals surface area contributed by atoms with Crippen LogP contribution in [-0.2, 0) is 19.1 Å². The molecule has 1 saturated heterocycles. The van der Waals surface area contributed by atoms with Crippen molar-refractivity contribution in [2.45, 2.75) is 260 Å². The van der Waals surface area contributed by atoms with Crippen LogP contribution < -0.4 is 0 Å². The largest absolute Gasteiger partial charge is 0.462 e. The van der Waals surface area contributed by atoms with Crippen molar-refractivity contribution in [1.29, 1.82) is 0 Å². The second kappa shape index (κ2) is 36.6. The topological polar surface area (TPSA) is 76.1 Å². The number of carbonyl (C=O) groups is 3. The Morgan fingerprint density at radius 1 is 0.655 bits per heavy atom. The van der Waals surface area contributed by atoms with Gasteiger partial charge in [0.05, 0.1) is 3.55 Å². The summed E-state index contributed by atoms with van der Waals surface area (Å²) in [5.74, 6) is 0.482. The van der Waals surface area contributed by atoms with Crippen LogP contribution in [0.25, 0.3) is 0 Å². The van der Waals surface area contributed by atoms with Gasteiger partial charge in [0.2, 0.25) is 0 Å². The smallest absolute Gasteiger partial charge is 0.306 e. The van der Waals surface area contributed by atoms with E-state index >= 15 is 0 Å². The van der Waals surface area contributed by atoms with Gasteiger partial charge < -0.3 is 14.4 Å². The van der Waals surface area contributed by atoms with Crippen LogP contribution in [-0.4, -0.2) is 78.1 Å². The maximum Gasteiger partial charge on any atom is 0.306 e. The van der Waals surface area contributed by atoms with Crippen molar-refractivity contribution in [3.8, 4) is 0 Å².